The molecule has 5 nitrogen and oxygen atoms in total. The van der Waals surface area contributed by atoms with E-state index in [0.717, 1.165) is 17.9 Å². The van der Waals surface area contributed by atoms with Crippen LogP contribution in [0.15, 0.2) is 29.4 Å². The van der Waals surface area contributed by atoms with Crippen LogP contribution < -0.4 is 5.32 Å². The minimum absolute atomic E-state index is 0.0791. The molecule has 1 heterocycles. The number of aromatic nitrogens is 3. The summed E-state index contributed by atoms with van der Waals surface area (Å²) < 4.78 is 0. The molecule has 3 atom stereocenters. The van der Waals surface area contributed by atoms with Gasteiger partial charge in [-0.05, 0) is 55.4 Å². The van der Waals surface area contributed by atoms with Gasteiger partial charge in [0.2, 0.25) is 11.1 Å². The Morgan fingerprint density at radius 2 is 2.12 bits per heavy atom. The van der Waals surface area contributed by atoms with Gasteiger partial charge in [-0.3, -0.25) is 9.89 Å². The van der Waals surface area contributed by atoms with Crippen LogP contribution in [0, 0.1) is 11.8 Å². The Balaban J connectivity index is 1.30. The van der Waals surface area contributed by atoms with Crippen LogP contribution in [-0.2, 0) is 4.79 Å². The van der Waals surface area contributed by atoms with Gasteiger partial charge in [0.1, 0.15) is 0 Å². The lowest BCUT2D eigenvalue weighted by molar-refractivity contribution is -0.119. The van der Waals surface area contributed by atoms with Crippen LogP contribution in [0.25, 0.3) is 11.4 Å². The van der Waals surface area contributed by atoms with Gasteiger partial charge in [-0.15, -0.1) is 5.10 Å². The molecule has 7 heteroatoms. The standard InChI is InChI=1S/C17H19ClN4OS/c18-13-5-3-11(4-6-13)16-20-17(22-21-16)24-9-15(23)19-14-8-10-1-2-12(14)7-10/h3-6,10,12,14H,1-2,7-9H2,(H,19,23)(H,20,21,22). The molecule has 0 aliphatic heterocycles. The van der Waals surface area contributed by atoms with Crippen molar-refractivity contribution < 1.29 is 4.79 Å². The number of fused-ring (bicyclic) bond motifs is 2. The average molecular weight is 363 g/mol. The van der Waals surface area contributed by atoms with E-state index in [1.807, 2.05) is 24.3 Å². The molecule has 2 fully saturated rings. The van der Waals surface area contributed by atoms with Crippen LogP contribution in [-0.4, -0.2) is 32.9 Å². The van der Waals surface area contributed by atoms with Gasteiger partial charge in [-0.25, -0.2) is 4.98 Å². The molecule has 2 bridgehead atoms. The number of carbonyl (C=O) groups excluding carboxylic acids is 1. The zero-order valence-electron chi connectivity index (χ0n) is 13.2. The van der Waals surface area contributed by atoms with Gasteiger partial charge in [0.25, 0.3) is 0 Å². The quantitative estimate of drug-likeness (QED) is 0.798. The summed E-state index contributed by atoms with van der Waals surface area (Å²) in [4.78, 5) is 16.6. The molecular weight excluding hydrogens is 344 g/mol. The molecular formula is C17H19ClN4OS. The smallest absolute Gasteiger partial charge is 0.230 e. The van der Waals surface area contributed by atoms with Gasteiger partial charge < -0.3 is 5.32 Å². The predicted octanol–water partition coefficient (Wildman–Crippen LogP) is 3.52. The first-order valence-corrected chi connectivity index (χ1v) is 9.64. The van der Waals surface area contributed by atoms with Gasteiger partial charge in [-0.2, -0.15) is 0 Å². The third-order valence-corrected chi connectivity index (χ3v) is 6.10. The van der Waals surface area contributed by atoms with Crippen molar-refractivity contribution in [2.24, 2.45) is 11.8 Å². The van der Waals surface area contributed by atoms with Crippen LogP contribution in [0.2, 0.25) is 5.02 Å². The van der Waals surface area contributed by atoms with Crippen LogP contribution in [0.4, 0.5) is 0 Å². The summed E-state index contributed by atoms with van der Waals surface area (Å²) in [5.74, 6) is 2.65. The van der Waals surface area contributed by atoms with E-state index in [9.17, 15) is 4.79 Å². The Kier molecular flexibility index (Phi) is 4.50. The molecule has 126 valence electrons. The van der Waals surface area contributed by atoms with E-state index in [4.69, 9.17) is 11.6 Å². The molecule has 24 heavy (non-hydrogen) atoms. The van der Waals surface area contributed by atoms with Crippen molar-refractivity contribution in [1.82, 2.24) is 20.5 Å². The predicted molar refractivity (Wildman–Crippen MR) is 94.9 cm³/mol. The van der Waals surface area contributed by atoms with Crippen molar-refractivity contribution in [2.75, 3.05) is 5.75 Å². The molecule has 0 spiro atoms. The third kappa shape index (κ3) is 3.44. The number of halogens is 1. The van der Waals surface area contributed by atoms with Crippen molar-refractivity contribution in [3.8, 4) is 11.4 Å². The highest BCUT2D eigenvalue weighted by Crippen LogP contribution is 2.44. The SMILES string of the molecule is O=C(CSc1n[nH]c(-c2ccc(Cl)cc2)n1)NC1CC2CCC1C2. The zero-order valence-corrected chi connectivity index (χ0v) is 14.7. The maximum absolute atomic E-state index is 12.2. The average Bonchev–Trinajstić information content (AvgIpc) is 3.30. The molecule has 0 saturated heterocycles. The number of rotatable bonds is 5. The highest BCUT2D eigenvalue weighted by Gasteiger charge is 2.39. The first-order valence-electron chi connectivity index (χ1n) is 8.28. The Morgan fingerprint density at radius 1 is 1.29 bits per heavy atom. The maximum Gasteiger partial charge on any atom is 0.230 e. The van der Waals surface area contributed by atoms with Crippen LogP contribution in [0.3, 0.4) is 0 Å². The number of amides is 1. The first-order chi connectivity index (χ1) is 11.7. The third-order valence-electron chi connectivity index (χ3n) is 5.00. The van der Waals surface area contributed by atoms with E-state index >= 15 is 0 Å². The Hall–Kier alpha value is -1.53. The number of benzene rings is 1. The molecule has 2 saturated carbocycles. The van der Waals surface area contributed by atoms with Crippen molar-refractivity contribution in [1.29, 1.82) is 0 Å². The summed E-state index contributed by atoms with van der Waals surface area (Å²) in [6, 6.07) is 7.79. The second-order valence-corrected chi connectivity index (χ2v) is 7.99. The van der Waals surface area contributed by atoms with E-state index in [1.54, 1.807) is 0 Å². The summed E-state index contributed by atoms with van der Waals surface area (Å²) >= 11 is 7.25. The number of carbonyl (C=O) groups is 1. The summed E-state index contributed by atoms with van der Waals surface area (Å²) in [7, 11) is 0. The molecule has 0 radical (unpaired) electrons. The van der Waals surface area contributed by atoms with Gasteiger partial charge in [0, 0.05) is 16.6 Å². The van der Waals surface area contributed by atoms with E-state index < -0.39 is 0 Å². The van der Waals surface area contributed by atoms with Crippen LogP contribution >= 0.6 is 23.4 Å². The summed E-state index contributed by atoms with van der Waals surface area (Å²) in [5, 5.41) is 11.5. The monoisotopic (exact) mass is 362 g/mol. The lowest BCUT2D eigenvalue weighted by Gasteiger charge is -2.22. The van der Waals surface area contributed by atoms with E-state index in [0.29, 0.717) is 33.7 Å². The lowest BCUT2D eigenvalue weighted by atomic mass is 9.95. The van der Waals surface area contributed by atoms with E-state index in [-0.39, 0.29) is 5.91 Å². The molecule has 2 aromatic rings. The Labute approximate surface area is 150 Å². The van der Waals surface area contributed by atoms with Crippen molar-refractivity contribution in [3.63, 3.8) is 0 Å². The fraction of sp³-hybridized carbons (Fsp3) is 0.471. The molecule has 1 aromatic heterocycles. The molecule has 2 N–H and O–H groups in total. The van der Waals surface area contributed by atoms with Gasteiger partial charge >= 0.3 is 0 Å². The number of H-pyrrole nitrogens is 1. The van der Waals surface area contributed by atoms with Crippen LogP contribution in [0.1, 0.15) is 25.7 Å². The number of aromatic amines is 1. The summed E-state index contributed by atoms with van der Waals surface area (Å²) in [6.07, 6.45) is 5.07. The van der Waals surface area contributed by atoms with Crippen molar-refractivity contribution in [2.45, 2.75) is 36.9 Å². The van der Waals surface area contributed by atoms with Crippen molar-refractivity contribution >= 4 is 29.3 Å². The number of nitrogens with one attached hydrogen (secondary N) is 2. The minimum Gasteiger partial charge on any atom is -0.352 e. The second-order valence-electron chi connectivity index (χ2n) is 6.61. The number of hydrogen-bond donors (Lipinski definition) is 2. The van der Waals surface area contributed by atoms with Gasteiger partial charge in [-0.1, -0.05) is 29.8 Å². The fourth-order valence-corrected chi connectivity index (χ4v) is 4.58. The molecule has 1 amide bonds. The summed E-state index contributed by atoms with van der Waals surface area (Å²) in [5.41, 5.74) is 0.921. The fourth-order valence-electron chi connectivity index (χ4n) is 3.85. The summed E-state index contributed by atoms with van der Waals surface area (Å²) in [6.45, 7) is 0. The zero-order chi connectivity index (χ0) is 16.5. The Bertz CT molecular complexity index is 732. The largest absolute Gasteiger partial charge is 0.352 e. The lowest BCUT2D eigenvalue weighted by Crippen LogP contribution is -2.39. The number of hydrogen-bond acceptors (Lipinski definition) is 4. The second kappa shape index (κ2) is 6.76. The highest BCUT2D eigenvalue weighted by atomic mass is 35.5. The molecule has 2 aliphatic carbocycles. The molecule has 4 rings (SSSR count). The van der Waals surface area contributed by atoms with Crippen LogP contribution in [0.5, 0.6) is 0 Å². The number of thioether (sulfide) groups is 1. The molecule has 2 aliphatic rings. The first kappa shape index (κ1) is 16.0. The normalized spacial score (nSPS) is 25.1. The van der Waals surface area contributed by atoms with E-state index in [2.05, 4.69) is 20.5 Å². The molecule has 1 aromatic carbocycles. The van der Waals surface area contributed by atoms with Gasteiger partial charge in [0.15, 0.2) is 5.82 Å². The van der Waals surface area contributed by atoms with Gasteiger partial charge in [0.05, 0.1) is 5.75 Å². The Morgan fingerprint density at radius 3 is 2.83 bits per heavy atom. The van der Waals surface area contributed by atoms with E-state index in [1.165, 1.54) is 31.0 Å². The molecule has 3 unspecified atom stereocenters. The van der Waals surface area contributed by atoms with Crippen molar-refractivity contribution in [3.05, 3.63) is 29.3 Å². The maximum atomic E-state index is 12.2. The minimum atomic E-state index is 0.0791. The topological polar surface area (TPSA) is 70.7 Å². The highest BCUT2D eigenvalue weighted by molar-refractivity contribution is 7.99. The number of nitrogens with zero attached hydrogens (tertiary/aromatic N) is 2.